The summed E-state index contributed by atoms with van der Waals surface area (Å²) in [6.45, 7) is 1.87. The molecule has 1 aromatic heterocycles. The van der Waals surface area contributed by atoms with Crippen molar-refractivity contribution in [2.24, 2.45) is 0 Å². The average Bonchev–Trinajstić information content (AvgIpc) is 2.91. The lowest BCUT2D eigenvalue weighted by Crippen LogP contribution is -2.41. The standard InChI is InChI=1S/C14H13BrN2O3S/c1-8-3-4-10(20-2)9(7-8)13(18)16-17-14(19)11-5-6-12(15)21-11/h3-7H,1-2H3,(H,16,18)(H,17,19). The zero-order valence-electron chi connectivity index (χ0n) is 11.4. The quantitative estimate of drug-likeness (QED) is 0.818. The van der Waals surface area contributed by atoms with Crippen molar-refractivity contribution in [3.63, 3.8) is 0 Å². The van der Waals surface area contributed by atoms with Crippen LogP contribution in [0.4, 0.5) is 0 Å². The van der Waals surface area contributed by atoms with Crippen LogP contribution in [0, 0.1) is 6.92 Å². The number of carbonyl (C=O) groups excluding carboxylic acids is 2. The molecule has 1 aromatic carbocycles. The van der Waals surface area contributed by atoms with E-state index in [0.29, 0.717) is 16.2 Å². The van der Waals surface area contributed by atoms with Gasteiger partial charge in [0.25, 0.3) is 11.8 Å². The lowest BCUT2D eigenvalue weighted by atomic mass is 10.1. The highest BCUT2D eigenvalue weighted by Crippen LogP contribution is 2.22. The third-order valence-corrected chi connectivity index (χ3v) is 4.31. The minimum atomic E-state index is -0.431. The van der Waals surface area contributed by atoms with E-state index < -0.39 is 5.91 Å². The number of hydrogen-bond donors (Lipinski definition) is 2. The minimum absolute atomic E-state index is 0.366. The highest BCUT2D eigenvalue weighted by Gasteiger charge is 2.14. The third-order valence-electron chi connectivity index (χ3n) is 2.69. The fourth-order valence-corrected chi connectivity index (χ4v) is 2.96. The largest absolute Gasteiger partial charge is 0.496 e. The van der Waals surface area contributed by atoms with Crippen LogP contribution in [0.15, 0.2) is 34.1 Å². The molecule has 0 aliphatic rings. The molecule has 0 unspecified atom stereocenters. The van der Waals surface area contributed by atoms with E-state index in [1.54, 1.807) is 24.3 Å². The van der Waals surface area contributed by atoms with Crippen LogP contribution in [0.3, 0.4) is 0 Å². The van der Waals surface area contributed by atoms with Gasteiger partial charge in [0.1, 0.15) is 5.75 Å². The van der Waals surface area contributed by atoms with Crippen LogP contribution >= 0.6 is 27.3 Å². The number of ether oxygens (including phenoxy) is 1. The molecule has 5 nitrogen and oxygen atoms in total. The topological polar surface area (TPSA) is 67.4 Å². The fourth-order valence-electron chi connectivity index (χ4n) is 1.68. The minimum Gasteiger partial charge on any atom is -0.496 e. The van der Waals surface area contributed by atoms with E-state index in [0.717, 1.165) is 9.35 Å². The van der Waals surface area contributed by atoms with Crippen LogP contribution in [0.2, 0.25) is 0 Å². The van der Waals surface area contributed by atoms with Crippen molar-refractivity contribution in [3.8, 4) is 5.75 Å². The summed E-state index contributed by atoms with van der Waals surface area (Å²) in [6.07, 6.45) is 0. The van der Waals surface area contributed by atoms with Gasteiger partial charge in [-0.05, 0) is 47.1 Å². The maximum absolute atomic E-state index is 12.1. The first-order chi connectivity index (χ1) is 10.0. The molecule has 0 atom stereocenters. The Kier molecular flexibility index (Phi) is 4.98. The van der Waals surface area contributed by atoms with Crippen molar-refractivity contribution in [2.75, 3.05) is 7.11 Å². The lowest BCUT2D eigenvalue weighted by molar-refractivity contribution is 0.0847. The van der Waals surface area contributed by atoms with E-state index in [2.05, 4.69) is 26.8 Å². The number of hydrogen-bond acceptors (Lipinski definition) is 4. The monoisotopic (exact) mass is 368 g/mol. The molecule has 0 fully saturated rings. The molecule has 0 saturated carbocycles. The summed E-state index contributed by atoms with van der Waals surface area (Å²) in [4.78, 5) is 24.5. The zero-order valence-corrected chi connectivity index (χ0v) is 13.8. The van der Waals surface area contributed by atoms with Gasteiger partial charge in [0.05, 0.1) is 21.3 Å². The first kappa shape index (κ1) is 15.5. The number of rotatable bonds is 3. The predicted molar refractivity (Wildman–Crippen MR) is 84.7 cm³/mol. The van der Waals surface area contributed by atoms with Crippen LogP contribution in [0.1, 0.15) is 25.6 Å². The smallest absolute Gasteiger partial charge is 0.279 e. The number of carbonyl (C=O) groups is 2. The second-order valence-corrected chi connectivity index (χ2v) is 6.68. The van der Waals surface area contributed by atoms with E-state index in [9.17, 15) is 9.59 Å². The fraction of sp³-hybridized carbons (Fsp3) is 0.143. The molecule has 2 rings (SSSR count). The third kappa shape index (κ3) is 3.83. The molecule has 2 amide bonds. The number of methoxy groups -OCH3 is 1. The maximum Gasteiger partial charge on any atom is 0.279 e. The summed E-state index contributed by atoms with van der Waals surface area (Å²) in [5, 5.41) is 0. The molecular weight excluding hydrogens is 356 g/mol. The Hall–Kier alpha value is -1.86. The molecule has 7 heteroatoms. The van der Waals surface area contributed by atoms with Gasteiger partial charge in [0, 0.05) is 0 Å². The highest BCUT2D eigenvalue weighted by molar-refractivity contribution is 9.11. The number of benzene rings is 1. The number of halogens is 1. The van der Waals surface area contributed by atoms with Gasteiger partial charge >= 0.3 is 0 Å². The second kappa shape index (κ2) is 6.73. The van der Waals surface area contributed by atoms with Crippen molar-refractivity contribution < 1.29 is 14.3 Å². The van der Waals surface area contributed by atoms with Crippen LogP contribution in [-0.4, -0.2) is 18.9 Å². The predicted octanol–water partition coefficient (Wildman–Crippen LogP) is 2.90. The summed E-state index contributed by atoms with van der Waals surface area (Å²) < 4.78 is 5.99. The van der Waals surface area contributed by atoms with Crippen LogP contribution < -0.4 is 15.6 Å². The molecule has 0 saturated heterocycles. The van der Waals surface area contributed by atoms with Gasteiger partial charge in [-0.3, -0.25) is 20.4 Å². The Balaban J connectivity index is 2.05. The second-order valence-electron chi connectivity index (χ2n) is 4.22. The van der Waals surface area contributed by atoms with Crippen molar-refractivity contribution >= 4 is 39.1 Å². The Morgan fingerprint density at radius 3 is 2.48 bits per heavy atom. The zero-order chi connectivity index (χ0) is 15.4. The molecule has 0 radical (unpaired) electrons. The van der Waals surface area contributed by atoms with Crippen molar-refractivity contribution in [2.45, 2.75) is 6.92 Å². The number of thiophene rings is 1. The molecule has 2 aromatic rings. The first-order valence-electron chi connectivity index (χ1n) is 6.02. The molecule has 2 N–H and O–H groups in total. The Labute approximate surface area is 134 Å². The van der Waals surface area contributed by atoms with E-state index in [4.69, 9.17) is 4.74 Å². The van der Waals surface area contributed by atoms with E-state index in [1.807, 2.05) is 13.0 Å². The first-order valence-corrected chi connectivity index (χ1v) is 7.63. The highest BCUT2D eigenvalue weighted by atomic mass is 79.9. The van der Waals surface area contributed by atoms with E-state index in [-0.39, 0.29) is 5.91 Å². The molecule has 0 bridgehead atoms. The molecule has 21 heavy (non-hydrogen) atoms. The molecule has 0 spiro atoms. The summed E-state index contributed by atoms with van der Waals surface area (Å²) in [5.74, 6) is -0.351. The van der Waals surface area contributed by atoms with Crippen molar-refractivity contribution in [3.05, 3.63) is 50.1 Å². The van der Waals surface area contributed by atoms with E-state index in [1.165, 1.54) is 18.4 Å². The van der Waals surface area contributed by atoms with E-state index >= 15 is 0 Å². The van der Waals surface area contributed by atoms with Gasteiger partial charge in [-0.25, -0.2) is 0 Å². The summed E-state index contributed by atoms with van der Waals surface area (Å²) in [6, 6.07) is 8.69. The van der Waals surface area contributed by atoms with Gasteiger partial charge in [-0.2, -0.15) is 0 Å². The number of amides is 2. The van der Waals surface area contributed by atoms with Crippen molar-refractivity contribution in [1.82, 2.24) is 10.9 Å². The van der Waals surface area contributed by atoms with Gasteiger partial charge in [0.15, 0.2) is 0 Å². The molecular formula is C14H13BrN2O3S. The summed E-state index contributed by atoms with van der Waals surface area (Å²) in [7, 11) is 1.49. The van der Waals surface area contributed by atoms with Crippen LogP contribution in [0.25, 0.3) is 0 Å². The van der Waals surface area contributed by atoms with Gasteiger partial charge in [0.2, 0.25) is 0 Å². The van der Waals surface area contributed by atoms with Gasteiger partial charge in [-0.1, -0.05) is 11.6 Å². The molecule has 0 aliphatic carbocycles. The van der Waals surface area contributed by atoms with Crippen LogP contribution in [0.5, 0.6) is 5.75 Å². The summed E-state index contributed by atoms with van der Waals surface area (Å²) >= 11 is 4.56. The average molecular weight is 369 g/mol. The number of nitrogens with one attached hydrogen (secondary N) is 2. The Morgan fingerprint density at radius 2 is 1.86 bits per heavy atom. The van der Waals surface area contributed by atoms with Crippen molar-refractivity contribution in [1.29, 1.82) is 0 Å². The Bertz CT molecular complexity index is 685. The summed E-state index contributed by atoms with van der Waals surface area (Å²) in [5.41, 5.74) is 6.05. The SMILES string of the molecule is COc1ccc(C)cc1C(=O)NNC(=O)c1ccc(Br)s1. The lowest BCUT2D eigenvalue weighted by Gasteiger charge is -2.10. The molecule has 110 valence electrons. The van der Waals surface area contributed by atoms with Crippen LogP contribution in [-0.2, 0) is 0 Å². The van der Waals surface area contributed by atoms with Gasteiger partial charge in [-0.15, -0.1) is 11.3 Å². The number of aryl methyl sites for hydroxylation is 1. The maximum atomic E-state index is 12.1. The Morgan fingerprint density at radius 1 is 1.14 bits per heavy atom. The normalized spacial score (nSPS) is 10.0. The molecule has 1 heterocycles. The van der Waals surface area contributed by atoms with Gasteiger partial charge < -0.3 is 4.74 Å². The number of hydrazine groups is 1. The molecule has 0 aliphatic heterocycles.